The smallest absolute Gasteiger partial charge is 0.127 e. The Labute approximate surface area is 155 Å². The van der Waals surface area contributed by atoms with Crippen LogP contribution in [0, 0.1) is 6.92 Å². The Hall–Kier alpha value is -2.59. The number of benzene rings is 2. The average Bonchev–Trinajstić information content (AvgIpc) is 2.98. The maximum Gasteiger partial charge on any atom is 0.127 e. The molecule has 4 heteroatoms. The van der Waals surface area contributed by atoms with Crippen molar-refractivity contribution in [1.82, 2.24) is 15.1 Å². The minimum Gasteiger partial charge on any atom is -0.457 e. The monoisotopic (exact) mass is 349 g/mol. The second kappa shape index (κ2) is 8.68. The van der Waals surface area contributed by atoms with Crippen LogP contribution in [-0.4, -0.2) is 16.3 Å². The third-order valence-corrected chi connectivity index (χ3v) is 4.57. The van der Waals surface area contributed by atoms with Crippen molar-refractivity contribution >= 4 is 0 Å². The first-order chi connectivity index (χ1) is 12.7. The number of nitrogens with one attached hydrogen (secondary N) is 1. The summed E-state index contributed by atoms with van der Waals surface area (Å²) in [5, 5.41) is 8.07. The molecule has 4 nitrogen and oxygen atoms in total. The van der Waals surface area contributed by atoms with Crippen LogP contribution in [0.2, 0.25) is 0 Å². The second-order valence-corrected chi connectivity index (χ2v) is 6.56. The number of aromatic nitrogens is 2. The van der Waals surface area contributed by atoms with Gasteiger partial charge < -0.3 is 10.1 Å². The van der Waals surface area contributed by atoms with Gasteiger partial charge in [-0.25, -0.2) is 0 Å². The van der Waals surface area contributed by atoms with Gasteiger partial charge in [0.2, 0.25) is 0 Å². The lowest BCUT2D eigenvalue weighted by molar-refractivity contribution is 0.480. The molecule has 0 aliphatic rings. The number of hydrogen-bond donors (Lipinski definition) is 1. The van der Waals surface area contributed by atoms with Crippen molar-refractivity contribution in [2.45, 2.75) is 32.7 Å². The van der Waals surface area contributed by atoms with Crippen molar-refractivity contribution in [2.75, 3.05) is 6.54 Å². The molecular formula is C22H27N3O. The van der Waals surface area contributed by atoms with Gasteiger partial charge in [-0.1, -0.05) is 37.3 Å². The molecule has 0 spiro atoms. The molecule has 1 heterocycles. The average molecular weight is 349 g/mol. The van der Waals surface area contributed by atoms with Gasteiger partial charge in [0.05, 0.1) is 5.69 Å². The van der Waals surface area contributed by atoms with Crippen molar-refractivity contribution in [2.24, 2.45) is 7.05 Å². The van der Waals surface area contributed by atoms with Crippen LogP contribution in [-0.2, 0) is 13.5 Å². The maximum absolute atomic E-state index is 5.87. The molecule has 136 valence electrons. The number of hydrogen-bond acceptors (Lipinski definition) is 3. The molecule has 0 bridgehead atoms. The molecule has 1 unspecified atom stereocenters. The summed E-state index contributed by atoms with van der Waals surface area (Å²) in [5.41, 5.74) is 3.71. The SMILES string of the molecule is CCC(NCCc1cn(C)nc1C)c1ccc(Oc2ccccc2)cc1. The summed E-state index contributed by atoms with van der Waals surface area (Å²) in [6.07, 6.45) is 4.14. The Bertz CT molecular complexity index is 809. The van der Waals surface area contributed by atoms with Crippen LogP contribution < -0.4 is 10.1 Å². The molecular weight excluding hydrogens is 322 g/mol. The van der Waals surface area contributed by atoms with Crippen LogP contribution in [0.1, 0.15) is 36.2 Å². The first-order valence-electron chi connectivity index (χ1n) is 9.21. The molecule has 2 aromatic carbocycles. The van der Waals surface area contributed by atoms with Gasteiger partial charge in [-0.2, -0.15) is 5.10 Å². The standard InChI is InChI=1S/C22H27N3O/c1-4-22(23-15-14-19-16-25(3)24-17(19)2)18-10-12-21(13-11-18)26-20-8-6-5-7-9-20/h5-13,16,22-23H,4,14-15H2,1-3H3. The molecule has 0 saturated heterocycles. The summed E-state index contributed by atoms with van der Waals surface area (Å²) in [5.74, 6) is 1.72. The van der Waals surface area contributed by atoms with Gasteiger partial charge in [0.25, 0.3) is 0 Å². The van der Waals surface area contributed by atoms with Crippen molar-refractivity contribution in [3.05, 3.63) is 77.6 Å². The van der Waals surface area contributed by atoms with E-state index in [4.69, 9.17) is 4.74 Å². The van der Waals surface area contributed by atoms with Gasteiger partial charge in [0.15, 0.2) is 0 Å². The summed E-state index contributed by atoms with van der Waals surface area (Å²) in [7, 11) is 1.97. The lowest BCUT2D eigenvalue weighted by Gasteiger charge is -2.18. The Balaban J connectivity index is 1.56. The number of aryl methyl sites for hydroxylation is 2. The molecule has 0 saturated carbocycles. The molecule has 1 aromatic heterocycles. The Morgan fingerprint density at radius 1 is 1.04 bits per heavy atom. The van der Waals surface area contributed by atoms with E-state index in [0.29, 0.717) is 6.04 Å². The minimum atomic E-state index is 0.345. The fourth-order valence-corrected chi connectivity index (χ4v) is 3.17. The Morgan fingerprint density at radius 3 is 2.35 bits per heavy atom. The van der Waals surface area contributed by atoms with E-state index in [1.54, 1.807) is 0 Å². The van der Waals surface area contributed by atoms with Crippen LogP contribution in [0.15, 0.2) is 60.8 Å². The van der Waals surface area contributed by atoms with Crippen LogP contribution in [0.3, 0.4) is 0 Å². The number of rotatable bonds is 8. The first-order valence-corrected chi connectivity index (χ1v) is 9.21. The lowest BCUT2D eigenvalue weighted by Crippen LogP contribution is -2.23. The fraction of sp³-hybridized carbons (Fsp3) is 0.318. The minimum absolute atomic E-state index is 0.345. The fourth-order valence-electron chi connectivity index (χ4n) is 3.17. The zero-order chi connectivity index (χ0) is 18.4. The number of para-hydroxylation sites is 1. The second-order valence-electron chi connectivity index (χ2n) is 6.56. The highest BCUT2D eigenvalue weighted by molar-refractivity contribution is 5.34. The molecule has 0 aliphatic carbocycles. The summed E-state index contributed by atoms with van der Waals surface area (Å²) in [6.45, 7) is 5.22. The highest BCUT2D eigenvalue weighted by Gasteiger charge is 2.10. The van der Waals surface area contributed by atoms with Gasteiger partial charge in [-0.15, -0.1) is 0 Å². The van der Waals surface area contributed by atoms with Crippen LogP contribution in [0.25, 0.3) is 0 Å². The molecule has 0 aliphatic heterocycles. The van der Waals surface area contributed by atoms with Gasteiger partial charge >= 0.3 is 0 Å². The van der Waals surface area contributed by atoms with E-state index in [9.17, 15) is 0 Å². The summed E-state index contributed by atoms with van der Waals surface area (Å²) in [4.78, 5) is 0. The first kappa shape index (κ1) is 18.2. The van der Waals surface area contributed by atoms with Crippen molar-refractivity contribution in [3.63, 3.8) is 0 Å². The van der Waals surface area contributed by atoms with Gasteiger partial charge in [0, 0.05) is 19.3 Å². The molecule has 0 amide bonds. The zero-order valence-corrected chi connectivity index (χ0v) is 15.8. The maximum atomic E-state index is 5.87. The summed E-state index contributed by atoms with van der Waals surface area (Å²) < 4.78 is 7.75. The van der Waals surface area contributed by atoms with Crippen molar-refractivity contribution in [1.29, 1.82) is 0 Å². The van der Waals surface area contributed by atoms with Crippen LogP contribution in [0.4, 0.5) is 0 Å². The highest BCUT2D eigenvalue weighted by Crippen LogP contribution is 2.24. The van der Waals surface area contributed by atoms with Crippen LogP contribution >= 0.6 is 0 Å². The lowest BCUT2D eigenvalue weighted by atomic mass is 10.0. The normalized spacial score (nSPS) is 12.1. The largest absolute Gasteiger partial charge is 0.457 e. The topological polar surface area (TPSA) is 39.1 Å². The van der Waals surface area contributed by atoms with Crippen molar-refractivity contribution in [3.8, 4) is 11.5 Å². The van der Waals surface area contributed by atoms with E-state index in [2.05, 4.69) is 42.6 Å². The van der Waals surface area contributed by atoms with Gasteiger partial charge in [-0.05, 0) is 61.7 Å². The summed E-state index contributed by atoms with van der Waals surface area (Å²) in [6, 6.07) is 18.6. The molecule has 3 aromatic rings. The molecule has 0 radical (unpaired) electrons. The number of nitrogens with zero attached hydrogens (tertiary/aromatic N) is 2. The molecule has 26 heavy (non-hydrogen) atoms. The highest BCUT2D eigenvalue weighted by atomic mass is 16.5. The van der Waals surface area contributed by atoms with Gasteiger partial charge in [-0.3, -0.25) is 4.68 Å². The van der Waals surface area contributed by atoms with Crippen molar-refractivity contribution < 1.29 is 4.74 Å². The molecule has 1 N–H and O–H groups in total. The van der Waals surface area contributed by atoms with E-state index in [1.165, 1.54) is 11.1 Å². The zero-order valence-electron chi connectivity index (χ0n) is 15.8. The van der Waals surface area contributed by atoms with E-state index in [1.807, 2.05) is 54.2 Å². The predicted octanol–water partition coefficient (Wildman–Crippen LogP) is 4.80. The van der Waals surface area contributed by atoms with Gasteiger partial charge in [0.1, 0.15) is 11.5 Å². The molecule has 1 atom stereocenters. The molecule has 0 fully saturated rings. The predicted molar refractivity (Wildman–Crippen MR) is 106 cm³/mol. The third-order valence-electron chi connectivity index (χ3n) is 4.57. The Kier molecular flexibility index (Phi) is 6.08. The van der Waals surface area contributed by atoms with E-state index in [-0.39, 0.29) is 0 Å². The Morgan fingerprint density at radius 2 is 1.73 bits per heavy atom. The molecule has 3 rings (SSSR count). The quantitative estimate of drug-likeness (QED) is 0.635. The van der Waals surface area contributed by atoms with E-state index in [0.717, 1.165) is 36.6 Å². The van der Waals surface area contributed by atoms with E-state index >= 15 is 0 Å². The summed E-state index contributed by atoms with van der Waals surface area (Å²) >= 11 is 0. The van der Waals surface area contributed by atoms with E-state index < -0.39 is 0 Å². The number of ether oxygens (including phenoxy) is 1. The van der Waals surface area contributed by atoms with Crippen LogP contribution in [0.5, 0.6) is 11.5 Å². The third kappa shape index (κ3) is 4.73.